The van der Waals surface area contributed by atoms with Crippen LogP contribution in [-0.4, -0.2) is 33.6 Å². The summed E-state index contributed by atoms with van der Waals surface area (Å²) in [5, 5.41) is 20.5. The highest BCUT2D eigenvalue weighted by Crippen LogP contribution is 2.44. The van der Waals surface area contributed by atoms with Crippen molar-refractivity contribution in [2.24, 2.45) is 0 Å². The molecule has 4 aromatic rings. The van der Waals surface area contributed by atoms with Crippen LogP contribution in [0.25, 0.3) is 5.76 Å². The standard InChI is InChI=1S/C30H25ClFN3O4S2/c1-2-3-15-39-22-13-11-18(12-14-22)26(36)24-25(19-8-6-9-21(32)16-19)35(28(38)27(24)37)29-33-34-30(41-29)40-17-20-7-4-5-10-23(20)31/h4-14,16,25,36H,2-3,15,17H2,1H3. The molecule has 0 aliphatic carbocycles. The minimum absolute atomic E-state index is 0.154. The number of rotatable bonds is 10. The molecule has 1 aliphatic heterocycles. The number of nitrogens with zero attached hydrogens (tertiary/aromatic N) is 3. The molecule has 2 heterocycles. The lowest BCUT2D eigenvalue weighted by Crippen LogP contribution is -2.29. The number of anilines is 1. The zero-order valence-corrected chi connectivity index (χ0v) is 24.3. The Morgan fingerprint density at radius 1 is 1.10 bits per heavy atom. The maximum Gasteiger partial charge on any atom is 0.301 e. The zero-order chi connectivity index (χ0) is 28.9. The Kier molecular flexibility index (Phi) is 9.02. The van der Waals surface area contributed by atoms with E-state index in [2.05, 4.69) is 17.1 Å². The molecule has 41 heavy (non-hydrogen) atoms. The van der Waals surface area contributed by atoms with E-state index in [1.807, 2.05) is 18.2 Å². The van der Waals surface area contributed by atoms with Crippen LogP contribution in [0.2, 0.25) is 5.02 Å². The van der Waals surface area contributed by atoms with E-state index >= 15 is 0 Å². The number of aromatic nitrogens is 2. The second kappa shape index (κ2) is 12.8. The fourth-order valence-corrected chi connectivity index (χ4v) is 6.49. The highest BCUT2D eigenvalue weighted by molar-refractivity contribution is 8.00. The Hall–Kier alpha value is -3.73. The van der Waals surface area contributed by atoms with E-state index in [1.165, 1.54) is 34.9 Å². The molecule has 7 nitrogen and oxygen atoms in total. The van der Waals surface area contributed by atoms with Gasteiger partial charge < -0.3 is 9.84 Å². The van der Waals surface area contributed by atoms with Gasteiger partial charge in [0.05, 0.1) is 18.2 Å². The van der Waals surface area contributed by atoms with E-state index < -0.39 is 23.5 Å². The summed E-state index contributed by atoms with van der Waals surface area (Å²) < 4.78 is 20.6. The molecule has 0 spiro atoms. The lowest BCUT2D eigenvalue weighted by atomic mass is 9.95. The topological polar surface area (TPSA) is 92.6 Å². The van der Waals surface area contributed by atoms with Gasteiger partial charge >= 0.3 is 5.91 Å². The molecule has 1 aromatic heterocycles. The number of hydrogen-bond donors (Lipinski definition) is 1. The average Bonchev–Trinajstić information content (AvgIpc) is 3.54. The first-order chi connectivity index (χ1) is 19.9. The van der Waals surface area contributed by atoms with Crippen molar-refractivity contribution in [2.75, 3.05) is 11.5 Å². The Bertz CT molecular complexity index is 1610. The largest absolute Gasteiger partial charge is 0.507 e. The van der Waals surface area contributed by atoms with Crippen molar-refractivity contribution in [3.8, 4) is 5.75 Å². The van der Waals surface area contributed by atoms with Crippen molar-refractivity contribution in [1.82, 2.24) is 10.2 Å². The zero-order valence-electron chi connectivity index (χ0n) is 21.9. The number of amides is 1. The number of Topliss-reactive ketones (excluding diaryl/α,β-unsaturated/α-hetero) is 1. The van der Waals surface area contributed by atoms with Crippen LogP contribution in [0, 0.1) is 5.82 Å². The molecule has 1 N–H and O–H groups in total. The Labute approximate surface area is 249 Å². The van der Waals surface area contributed by atoms with Gasteiger partial charge in [0.1, 0.15) is 17.3 Å². The number of aliphatic hydroxyl groups excluding tert-OH is 1. The van der Waals surface area contributed by atoms with Crippen LogP contribution in [0.15, 0.2) is 82.7 Å². The van der Waals surface area contributed by atoms with Crippen LogP contribution in [0.3, 0.4) is 0 Å². The molecule has 1 amide bonds. The number of halogens is 2. The van der Waals surface area contributed by atoms with Gasteiger partial charge in [0, 0.05) is 16.3 Å². The minimum atomic E-state index is -1.11. The predicted molar refractivity (Wildman–Crippen MR) is 159 cm³/mol. The minimum Gasteiger partial charge on any atom is -0.507 e. The van der Waals surface area contributed by atoms with Crippen molar-refractivity contribution in [2.45, 2.75) is 35.9 Å². The molecule has 1 saturated heterocycles. The van der Waals surface area contributed by atoms with E-state index in [0.29, 0.717) is 38.6 Å². The van der Waals surface area contributed by atoms with E-state index in [0.717, 1.165) is 29.7 Å². The fraction of sp³-hybridized carbons (Fsp3) is 0.200. The molecule has 0 saturated carbocycles. The van der Waals surface area contributed by atoms with Crippen molar-refractivity contribution in [3.63, 3.8) is 0 Å². The number of carbonyl (C=O) groups excluding carboxylic acids is 2. The molecule has 0 bridgehead atoms. The van der Waals surface area contributed by atoms with Crippen molar-refractivity contribution in [1.29, 1.82) is 0 Å². The van der Waals surface area contributed by atoms with Crippen molar-refractivity contribution < 1.29 is 23.8 Å². The quantitative estimate of drug-likeness (QED) is 0.0499. The fourth-order valence-electron chi connectivity index (χ4n) is 4.33. The molecule has 1 atom stereocenters. The van der Waals surface area contributed by atoms with Gasteiger partial charge in [0.25, 0.3) is 5.78 Å². The number of thioether (sulfide) groups is 1. The van der Waals surface area contributed by atoms with Crippen LogP contribution >= 0.6 is 34.7 Å². The van der Waals surface area contributed by atoms with Crippen molar-refractivity contribution in [3.05, 3.63) is 106 Å². The molecule has 210 valence electrons. The molecule has 0 radical (unpaired) electrons. The number of benzene rings is 3. The maximum absolute atomic E-state index is 14.3. The lowest BCUT2D eigenvalue weighted by molar-refractivity contribution is -0.132. The van der Waals surface area contributed by atoms with Crippen LogP contribution in [0.1, 0.15) is 42.5 Å². The van der Waals surface area contributed by atoms with E-state index in [9.17, 15) is 19.1 Å². The molecule has 3 aromatic carbocycles. The summed E-state index contributed by atoms with van der Waals surface area (Å²) >= 11 is 8.77. The third-order valence-corrected chi connectivity index (χ3v) is 8.89. The normalized spacial score (nSPS) is 16.4. The van der Waals surface area contributed by atoms with Gasteiger partial charge in [-0.15, -0.1) is 10.2 Å². The first-order valence-electron chi connectivity index (χ1n) is 12.9. The van der Waals surface area contributed by atoms with E-state index in [-0.39, 0.29) is 16.5 Å². The smallest absolute Gasteiger partial charge is 0.301 e. The second-order valence-corrected chi connectivity index (χ2v) is 11.8. The summed E-state index contributed by atoms with van der Waals surface area (Å²) in [5.41, 5.74) is 1.38. The molecular weight excluding hydrogens is 585 g/mol. The van der Waals surface area contributed by atoms with Gasteiger partial charge in [-0.2, -0.15) is 0 Å². The number of aliphatic hydroxyl groups is 1. The second-order valence-electron chi connectivity index (χ2n) is 9.18. The van der Waals surface area contributed by atoms with Gasteiger partial charge in [0.2, 0.25) is 5.13 Å². The summed E-state index contributed by atoms with van der Waals surface area (Å²) in [6.45, 7) is 2.63. The molecule has 5 rings (SSSR count). The van der Waals surface area contributed by atoms with Crippen LogP contribution in [0.5, 0.6) is 5.75 Å². The third kappa shape index (κ3) is 6.29. The molecule has 11 heteroatoms. The van der Waals surface area contributed by atoms with Gasteiger partial charge in [0.15, 0.2) is 4.34 Å². The number of hydrogen-bond acceptors (Lipinski definition) is 8. The summed E-state index contributed by atoms with van der Waals surface area (Å²) in [7, 11) is 0. The monoisotopic (exact) mass is 609 g/mol. The summed E-state index contributed by atoms with van der Waals surface area (Å²) in [6, 6.07) is 18.5. The molecule has 1 aliphatic rings. The SMILES string of the molecule is CCCCOc1ccc(C(O)=C2C(=O)C(=O)N(c3nnc(SCc4ccccc4Cl)s3)C2c2cccc(F)c2)cc1. The average molecular weight is 610 g/mol. The van der Waals surface area contributed by atoms with Gasteiger partial charge in [-0.1, -0.05) is 78.4 Å². The predicted octanol–water partition coefficient (Wildman–Crippen LogP) is 7.43. The van der Waals surface area contributed by atoms with E-state index in [4.69, 9.17) is 16.3 Å². The van der Waals surface area contributed by atoms with Crippen LogP contribution in [0.4, 0.5) is 9.52 Å². The Balaban J connectivity index is 1.49. The molecule has 1 unspecified atom stereocenters. The summed E-state index contributed by atoms with van der Waals surface area (Å²) in [6.07, 6.45) is 1.90. The van der Waals surface area contributed by atoms with Crippen molar-refractivity contribution >= 4 is 57.3 Å². The van der Waals surface area contributed by atoms with E-state index in [1.54, 1.807) is 36.4 Å². The van der Waals surface area contributed by atoms with Gasteiger partial charge in [-0.05, 0) is 60.0 Å². The Morgan fingerprint density at radius 2 is 1.88 bits per heavy atom. The number of carbonyl (C=O) groups is 2. The highest BCUT2D eigenvalue weighted by atomic mass is 35.5. The number of ether oxygens (including phenoxy) is 1. The summed E-state index contributed by atoms with van der Waals surface area (Å²) in [4.78, 5) is 27.9. The summed E-state index contributed by atoms with van der Waals surface area (Å²) in [5.74, 6) is -1.57. The van der Waals surface area contributed by atoms with Crippen LogP contribution < -0.4 is 9.64 Å². The first kappa shape index (κ1) is 28.8. The number of ketones is 1. The van der Waals surface area contributed by atoms with Crippen LogP contribution in [-0.2, 0) is 15.3 Å². The third-order valence-electron chi connectivity index (χ3n) is 6.41. The molecular formula is C30H25ClFN3O4S2. The van der Waals surface area contributed by atoms with Gasteiger partial charge in [-0.3, -0.25) is 14.5 Å². The molecule has 1 fully saturated rings. The maximum atomic E-state index is 14.3. The first-order valence-corrected chi connectivity index (χ1v) is 15.0. The lowest BCUT2D eigenvalue weighted by Gasteiger charge is -2.22. The highest BCUT2D eigenvalue weighted by Gasteiger charge is 2.48. The van der Waals surface area contributed by atoms with Gasteiger partial charge in [-0.25, -0.2) is 4.39 Å². The number of unbranched alkanes of at least 4 members (excludes halogenated alkanes) is 1. The Morgan fingerprint density at radius 3 is 2.61 bits per heavy atom.